The second-order valence-electron chi connectivity index (χ2n) is 2.95. The molecule has 0 fully saturated rings. The van der Waals surface area contributed by atoms with Crippen LogP contribution < -0.4 is 0 Å². The van der Waals surface area contributed by atoms with Crippen molar-refractivity contribution < 1.29 is 0 Å². The second kappa shape index (κ2) is 3.40. The van der Waals surface area contributed by atoms with Gasteiger partial charge in [-0.05, 0) is 18.6 Å². The lowest BCUT2D eigenvalue weighted by Crippen LogP contribution is -1.82. The largest absolute Gasteiger partial charge is 0.260 e. The monoisotopic (exact) mass is 168 g/mol. The summed E-state index contributed by atoms with van der Waals surface area (Å²) in [4.78, 5) is 4.20. The summed E-state index contributed by atoms with van der Waals surface area (Å²) in [7, 11) is 0. The summed E-state index contributed by atoms with van der Waals surface area (Å²) < 4.78 is 0. The molecule has 1 heteroatoms. The molecule has 0 saturated heterocycles. The maximum atomic E-state index is 4.20. The van der Waals surface area contributed by atoms with E-state index in [2.05, 4.69) is 23.2 Å². The molecule has 0 bridgehead atoms. The highest BCUT2D eigenvalue weighted by molar-refractivity contribution is 5.61. The average Bonchev–Trinajstić information content (AvgIpc) is 2.20. The highest BCUT2D eigenvalue weighted by Crippen LogP contribution is 2.16. The fourth-order valence-electron chi connectivity index (χ4n) is 1.21. The van der Waals surface area contributed by atoms with Gasteiger partial charge in [0.15, 0.2) is 0 Å². The van der Waals surface area contributed by atoms with Gasteiger partial charge in [-0.3, -0.25) is 4.98 Å². The number of aromatic nitrogens is 1. The lowest BCUT2D eigenvalue weighted by atomic mass is 10.1. The van der Waals surface area contributed by atoms with Gasteiger partial charge >= 0.3 is 0 Å². The van der Waals surface area contributed by atoms with Gasteiger partial charge in [0.05, 0.1) is 0 Å². The first-order valence-corrected chi connectivity index (χ1v) is 4.26. The van der Waals surface area contributed by atoms with Crippen LogP contribution in [-0.4, -0.2) is 4.98 Å². The van der Waals surface area contributed by atoms with Gasteiger partial charge in [-0.2, -0.15) is 0 Å². The Balaban J connectivity index is 2.42. The molecule has 0 aliphatic rings. The van der Waals surface area contributed by atoms with E-state index in [9.17, 15) is 0 Å². The van der Waals surface area contributed by atoms with Crippen molar-refractivity contribution in [1.29, 1.82) is 0 Å². The van der Waals surface area contributed by atoms with Crippen LogP contribution in [0.3, 0.4) is 0 Å². The molecule has 0 spiro atoms. The second-order valence-corrected chi connectivity index (χ2v) is 2.95. The fraction of sp³-hybridized carbons (Fsp3) is 0.0833. The van der Waals surface area contributed by atoms with Crippen LogP contribution >= 0.6 is 0 Å². The topological polar surface area (TPSA) is 12.9 Å². The summed E-state index contributed by atoms with van der Waals surface area (Å²) in [6.07, 6.45) is 1.88. The minimum absolute atomic E-state index is 0.930. The summed E-state index contributed by atoms with van der Waals surface area (Å²) in [5.41, 5.74) is 3.23. The first-order chi connectivity index (χ1) is 6.36. The molecule has 0 aliphatic heterocycles. The van der Waals surface area contributed by atoms with E-state index < -0.39 is 0 Å². The Hall–Kier alpha value is -1.63. The molecule has 0 aliphatic carbocycles. The van der Waals surface area contributed by atoms with Crippen LogP contribution in [0.4, 0.5) is 0 Å². The van der Waals surface area contributed by atoms with E-state index in [4.69, 9.17) is 0 Å². The lowest BCUT2D eigenvalue weighted by Gasteiger charge is -1.99. The Bertz CT molecular complexity index is 376. The van der Waals surface area contributed by atoms with Crippen molar-refractivity contribution in [3.63, 3.8) is 0 Å². The molecule has 1 nitrogen and oxygen atoms in total. The van der Waals surface area contributed by atoms with Gasteiger partial charge in [-0.1, -0.05) is 30.3 Å². The minimum atomic E-state index is 0.930. The van der Waals surface area contributed by atoms with Crippen molar-refractivity contribution in [1.82, 2.24) is 4.98 Å². The Morgan fingerprint density at radius 1 is 1.08 bits per heavy atom. The molecule has 1 aromatic carbocycles. The molecule has 2 rings (SSSR count). The molecule has 1 aromatic heterocycles. The van der Waals surface area contributed by atoms with Crippen LogP contribution in [0.15, 0.2) is 42.6 Å². The van der Waals surface area contributed by atoms with Gasteiger partial charge in [0.1, 0.15) is 0 Å². The summed E-state index contributed by atoms with van der Waals surface area (Å²) in [6, 6.07) is 15.3. The molecule has 13 heavy (non-hydrogen) atoms. The van der Waals surface area contributed by atoms with Crippen molar-refractivity contribution >= 4 is 0 Å². The van der Waals surface area contributed by atoms with Gasteiger partial charge in [0.25, 0.3) is 0 Å². The van der Waals surface area contributed by atoms with E-state index >= 15 is 0 Å². The molecule has 0 amide bonds. The summed E-state index contributed by atoms with van der Waals surface area (Å²) in [5.74, 6) is 0. The highest BCUT2D eigenvalue weighted by Gasteiger charge is 1.95. The molecule has 0 unspecified atom stereocenters. The van der Waals surface area contributed by atoms with Crippen LogP contribution in [0.5, 0.6) is 0 Å². The highest BCUT2D eigenvalue weighted by atomic mass is 14.7. The van der Waals surface area contributed by atoms with E-state index in [1.165, 1.54) is 5.56 Å². The zero-order valence-electron chi connectivity index (χ0n) is 7.49. The number of benzene rings is 1. The summed E-state index contributed by atoms with van der Waals surface area (Å²) >= 11 is 0. The number of aryl methyl sites for hydroxylation is 1. The van der Waals surface area contributed by atoms with E-state index in [-0.39, 0.29) is 0 Å². The lowest BCUT2D eigenvalue weighted by molar-refractivity contribution is 1.20. The van der Waals surface area contributed by atoms with Gasteiger partial charge in [0.2, 0.25) is 0 Å². The van der Waals surface area contributed by atoms with E-state index in [0.717, 1.165) is 11.3 Å². The van der Waals surface area contributed by atoms with E-state index in [1.54, 1.807) is 0 Å². The zero-order valence-corrected chi connectivity index (χ0v) is 7.49. The molecule has 0 saturated carbocycles. The number of nitrogens with zero attached hydrogens (tertiary/aromatic N) is 1. The SMILES string of the molecule is Cc1[c]cc(-c2ccccc2)cn1. The number of rotatable bonds is 1. The smallest absolute Gasteiger partial charge is 0.0452 e. The third-order valence-corrected chi connectivity index (χ3v) is 1.94. The Morgan fingerprint density at radius 3 is 2.46 bits per heavy atom. The molecular weight excluding hydrogens is 158 g/mol. The van der Waals surface area contributed by atoms with Crippen molar-refractivity contribution in [2.45, 2.75) is 6.92 Å². The number of pyridine rings is 1. The third kappa shape index (κ3) is 1.75. The van der Waals surface area contributed by atoms with Gasteiger partial charge in [-0.15, -0.1) is 0 Å². The normalized spacial score (nSPS) is 9.92. The van der Waals surface area contributed by atoms with Crippen LogP contribution in [0.25, 0.3) is 11.1 Å². The van der Waals surface area contributed by atoms with Gasteiger partial charge in [0, 0.05) is 23.5 Å². The van der Waals surface area contributed by atoms with E-state index in [0.29, 0.717) is 0 Å². The summed E-state index contributed by atoms with van der Waals surface area (Å²) in [6.45, 7) is 1.94. The fourth-order valence-corrected chi connectivity index (χ4v) is 1.21. The Labute approximate surface area is 78.1 Å². The van der Waals surface area contributed by atoms with Gasteiger partial charge < -0.3 is 0 Å². The van der Waals surface area contributed by atoms with Crippen LogP contribution in [0.2, 0.25) is 0 Å². The maximum Gasteiger partial charge on any atom is 0.0452 e. The number of hydrogen-bond donors (Lipinski definition) is 0. The zero-order chi connectivity index (χ0) is 9.10. The van der Waals surface area contributed by atoms with Crippen molar-refractivity contribution in [3.05, 3.63) is 54.4 Å². The van der Waals surface area contributed by atoms with E-state index in [1.807, 2.05) is 37.4 Å². The summed E-state index contributed by atoms with van der Waals surface area (Å²) in [5, 5.41) is 0. The number of hydrogen-bond acceptors (Lipinski definition) is 1. The molecule has 0 atom stereocenters. The maximum absolute atomic E-state index is 4.20. The van der Waals surface area contributed by atoms with Crippen LogP contribution in [0.1, 0.15) is 5.69 Å². The van der Waals surface area contributed by atoms with Crippen molar-refractivity contribution in [3.8, 4) is 11.1 Å². The van der Waals surface area contributed by atoms with Crippen LogP contribution in [-0.2, 0) is 0 Å². The average molecular weight is 168 g/mol. The first kappa shape index (κ1) is 7.99. The molecule has 1 heterocycles. The molecule has 0 N–H and O–H groups in total. The van der Waals surface area contributed by atoms with Crippen molar-refractivity contribution in [2.24, 2.45) is 0 Å². The van der Waals surface area contributed by atoms with Crippen molar-refractivity contribution in [2.75, 3.05) is 0 Å². The predicted octanol–water partition coefficient (Wildman–Crippen LogP) is 2.86. The molecule has 63 valence electrons. The molecular formula is C12H10N. The third-order valence-electron chi connectivity index (χ3n) is 1.94. The molecule has 2 aromatic rings. The Morgan fingerprint density at radius 2 is 1.85 bits per heavy atom. The minimum Gasteiger partial charge on any atom is -0.260 e. The first-order valence-electron chi connectivity index (χ1n) is 4.26. The van der Waals surface area contributed by atoms with Gasteiger partial charge in [-0.25, -0.2) is 0 Å². The predicted molar refractivity (Wildman–Crippen MR) is 53.2 cm³/mol. The Kier molecular flexibility index (Phi) is 2.09. The molecule has 1 radical (unpaired) electrons. The van der Waals surface area contributed by atoms with Crippen LogP contribution in [0, 0.1) is 13.0 Å². The quantitative estimate of drug-likeness (QED) is 0.638. The standard InChI is InChI=1S/C12H10N/c1-10-7-8-12(9-13-10)11-5-3-2-4-6-11/h2-6,8-9H,1H3.